The number of nitrogens with zero attached hydrogens (tertiary/aromatic N) is 1. The van der Waals surface area contributed by atoms with Crippen molar-refractivity contribution in [1.82, 2.24) is 4.98 Å². The van der Waals surface area contributed by atoms with E-state index in [9.17, 15) is 0 Å². The van der Waals surface area contributed by atoms with Gasteiger partial charge in [0.25, 0.3) is 0 Å². The second-order valence-electron chi connectivity index (χ2n) is 2.46. The third-order valence-corrected chi connectivity index (χ3v) is 2.38. The summed E-state index contributed by atoms with van der Waals surface area (Å²) in [5.74, 6) is 0. The summed E-state index contributed by atoms with van der Waals surface area (Å²) in [7, 11) is 0. The first-order chi connectivity index (χ1) is 6.47. The maximum absolute atomic E-state index is 4.22. The molecule has 1 aromatic heterocycles. The molecule has 3 nitrogen and oxygen atoms in total. The van der Waals surface area contributed by atoms with Crippen molar-refractivity contribution in [3.8, 4) is 0 Å². The molecule has 0 N–H and O–H groups in total. The molecule has 1 aromatic carbocycles. The normalized spacial score (nSPS) is 14.5. The molecule has 1 saturated heterocycles. The van der Waals surface area contributed by atoms with E-state index in [0.717, 1.165) is 18.7 Å². The summed E-state index contributed by atoms with van der Waals surface area (Å²) in [6.07, 6.45) is 0. The molecule has 0 amide bonds. The second-order valence-corrected chi connectivity index (χ2v) is 3.35. The number of fused-ring (bicyclic) bond motifs is 1. The molecule has 68 valence electrons. The Balaban J connectivity index is 0.000000137. The van der Waals surface area contributed by atoms with E-state index in [0.29, 0.717) is 0 Å². The van der Waals surface area contributed by atoms with Gasteiger partial charge in [-0.15, -0.1) is 11.3 Å². The molecule has 0 atom stereocenters. The third kappa shape index (κ3) is 2.24. The lowest BCUT2D eigenvalue weighted by atomic mass is 10.3. The standard InChI is InChI=1S/C7H5NS.C2H4O2/c1-2-4-7-6(3-1)8-5-9-7;1-2-4-3-1/h1-5H;1-2H2. The van der Waals surface area contributed by atoms with E-state index < -0.39 is 0 Å². The zero-order chi connectivity index (χ0) is 8.93. The smallest absolute Gasteiger partial charge is 0.109 e. The number of hydrogen-bond donors (Lipinski definition) is 0. The molecule has 1 fully saturated rings. The van der Waals surface area contributed by atoms with Gasteiger partial charge in [-0.2, -0.15) is 0 Å². The monoisotopic (exact) mass is 195 g/mol. The van der Waals surface area contributed by atoms with E-state index >= 15 is 0 Å². The van der Waals surface area contributed by atoms with Gasteiger partial charge in [0.1, 0.15) is 13.2 Å². The van der Waals surface area contributed by atoms with Gasteiger partial charge in [0.2, 0.25) is 0 Å². The van der Waals surface area contributed by atoms with E-state index in [4.69, 9.17) is 0 Å². The second kappa shape index (κ2) is 4.32. The Morgan fingerprint density at radius 2 is 1.85 bits per heavy atom. The SMILES string of the molecule is C1COO1.c1ccc2scnc2c1. The minimum atomic E-state index is 0.778. The van der Waals surface area contributed by atoms with Crippen LogP contribution in [-0.4, -0.2) is 18.2 Å². The summed E-state index contributed by atoms with van der Waals surface area (Å²) in [6.45, 7) is 1.56. The van der Waals surface area contributed by atoms with Crippen LogP contribution in [0.1, 0.15) is 0 Å². The van der Waals surface area contributed by atoms with Crippen molar-refractivity contribution in [1.29, 1.82) is 0 Å². The zero-order valence-corrected chi connectivity index (χ0v) is 7.79. The molecule has 2 heterocycles. The van der Waals surface area contributed by atoms with Gasteiger partial charge in [0, 0.05) is 0 Å². The highest BCUT2D eigenvalue weighted by atomic mass is 32.1. The van der Waals surface area contributed by atoms with Gasteiger partial charge in [0.05, 0.1) is 15.7 Å². The Hall–Kier alpha value is -0.970. The number of hydrogen-bond acceptors (Lipinski definition) is 4. The fourth-order valence-corrected chi connectivity index (χ4v) is 1.57. The van der Waals surface area contributed by atoms with Crippen molar-refractivity contribution in [2.45, 2.75) is 0 Å². The van der Waals surface area contributed by atoms with Gasteiger partial charge >= 0.3 is 0 Å². The molecule has 2 aromatic rings. The highest BCUT2D eigenvalue weighted by Crippen LogP contribution is 2.15. The quantitative estimate of drug-likeness (QED) is 0.604. The van der Waals surface area contributed by atoms with Crippen LogP contribution in [-0.2, 0) is 9.78 Å². The Bertz CT molecular complexity index is 336. The van der Waals surface area contributed by atoms with Crippen LogP contribution < -0.4 is 0 Å². The van der Waals surface area contributed by atoms with E-state index in [2.05, 4.69) is 20.8 Å². The first-order valence-corrected chi connectivity index (χ1v) is 4.87. The molecule has 0 aliphatic carbocycles. The summed E-state index contributed by atoms with van der Waals surface area (Å²) >= 11 is 1.68. The van der Waals surface area contributed by atoms with E-state index in [1.807, 2.05) is 23.7 Å². The van der Waals surface area contributed by atoms with Crippen LogP contribution in [0.15, 0.2) is 29.8 Å². The molecule has 0 radical (unpaired) electrons. The molecule has 0 unspecified atom stereocenters. The van der Waals surface area contributed by atoms with Gasteiger partial charge in [-0.3, -0.25) is 0 Å². The van der Waals surface area contributed by atoms with E-state index in [1.165, 1.54) is 4.70 Å². The van der Waals surface area contributed by atoms with Crippen LogP contribution in [0.3, 0.4) is 0 Å². The predicted octanol–water partition coefficient (Wildman–Crippen LogP) is 2.24. The fraction of sp³-hybridized carbons (Fsp3) is 0.222. The molecule has 1 aliphatic heterocycles. The van der Waals surface area contributed by atoms with Crippen molar-refractivity contribution in [2.24, 2.45) is 0 Å². The molecular formula is C9H9NO2S. The van der Waals surface area contributed by atoms with Crippen molar-refractivity contribution in [3.05, 3.63) is 29.8 Å². The number of rotatable bonds is 0. The molecule has 13 heavy (non-hydrogen) atoms. The minimum absolute atomic E-state index is 0.778. The molecule has 0 saturated carbocycles. The molecule has 4 heteroatoms. The maximum atomic E-state index is 4.22. The number of thiazole rings is 1. The number of benzene rings is 1. The lowest BCUT2D eigenvalue weighted by Crippen LogP contribution is -2.14. The zero-order valence-electron chi connectivity index (χ0n) is 6.97. The summed E-state index contributed by atoms with van der Waals surface area (Å²) in [6, 6.07) is 8.13. The predicted molar refractivity (Wildman–Crippen MR) is 51.5 cm³/mol. The molecular weight excluding hydrogens is 186 g/mol. The highest BCUT2D eigenvalue weighted by molar-refractivity contribution is 7.16. The van der Waals surface area contributed by atoms with Crippen LogP contribution in [0.25, 0.3) is 10.2 Å². The summed E-state index contributed by atoms with van der Waals surface area (Å²) in [5.41, 5.74) is 2.97. The van der Waals surface area contributed by atoms with Crippen molar-refractivity contribution >= 4 is 21.6 Å². The van der Waals surface area contributed by atoms with Crippen LogP contribution in [0, 0.1) is 0 Å². The van der Waals surface area contributed by atoms with Crippen LogP contribution in [0.5, 0.6) is 0 Å². The van der Waals surface area contributed by atoms with Gasteiger partial charge in [-0.1, -0.05) is 12.1 Å². The maximum Gasteiger partial charge on any atom is 0.109 e. The summed E-state index contributed by atoms with van der Waals surface area (Å²) < 4.78 is 1.26. The highest BCUT2D eigenvalue weighted by Gasteiger charge is 1.95. The average Bonchev–Trinajstić information content (AvgIpc) is 2.47. The lowest BCUT2D eigenvalue weighted by Gasteiger charge is -2.08. The molecule has 3 rings (SSSR count). The Morgan fingerprint density at radius 1 is 1.15 bits per heavy atom. The number of aromatic nitrogens is 1. The van der Waals surface area contributed by atoms with Gasteiger partial charge in [0.15, 0.2) is 0 Å². The van der Waals surface area contributed by atoms with Gasteiger partial charge in [-0.05, 0) is 12.1 Å². The van der Waals surface area contributed by atoms with Gasteiger partial charge < -0.3 is 0 Å². The Kier molecular flexibility index (Phi) is 2.86. The fourth-order valence-electron chi connectivity index (χ4n) is 0.887. The summed E-state index contributed by atoms with van der Waals surface area (Å²) in [4.78, 5) is 12.6. The van der Waals surface area contributed by atoms with Crippen molar-refractivity contribution < 1.29 is 9.78 Å². The average molecular weight is 195 g/mol. The molecule has 1 aliphatic rings. The molecule has 0 bridgehead atoms. The minimum Gasteiger partial charge on any atom is -0.245 e. The first-order valence-electron chi connectivity index (χ1n) is 3.99. The van der Waals surface area contributed by atoms with Gasteiger partial charge in [-0.25, -0.2) is 14.8 Å². The lowest BCUT2D eigenvalue weighted by molar-refractivity contribution is -0.382. The van der Waals surface area contributed by atoms with Crippen LogP contribution >= 0.6 is 11.3 Å². The Labute approximate surface area is 79.9 Å². The van der Waals surface area contributed by atoms with E-state index in [1.54, 1.807) is 11.3 Å². The first kappa shape index (κ1) is 8.62. The number of para-hydroxylation sites is 1. The summed E-state index contributed by atoms with van der Waals surface area (Å²) in [5, 5.41) is 0. The van der Waals surface area contributed by atoms with Crippen LogP contribution in [0.2, 0.25) is 0 Å². The van der Waals surface area contributed by atoms with Crippen LogP contribution in [0.4, 0.5) is 0 Å². The Morgan fingerprint density at radius 3 is 2.46 bits per heavy atom. The van der Waals surface area contributed by atoms with Crippen molar-refractivity contribution in [2.75, 3.05) is 13.2 Å². The van der Waals surface area contributed by atoms with Crippen molar-refractivity contribution in [3.63, 3.8) is 0 Å². The topological polar surface area (TPSA) is 31.4 Å². The largest absolute Gasteiger partial charge is 0.245 e. The van der Waals surface area contributed by atoms with E-state index in [-0.39, 0.29) is 0 Å². The molecule has 0 spiro atoms. The third-order valence-electron chi connectivity index (χ3n) is 1.57.